The highest BCUT2D eigenvalue weighted by atomic mass is 32.1. The number of nitrogens with zero attached hydrogens (tertiary/aromatic N) is 1. The van der Waals surface area contributed by atoms with Gasteiger partial charge in [0.25, 0.3) is 0 Å². The van der Waals surface area contributed by atoms with Crippen molar-refractivity contribution in [2.75, 3.05) is 0 Å². The zero-order valence-corrected chi connectivity index (χ0v) is 6.47. The smallest absolute Gasteiger partial charge is 0.232 e. The topological polar surface area (TPSA) is 30.0 Å². The molecule has 2 heterocycles. The first-order valence-corrected chi connectivity index (χ1v) is 4.07. The molecule has 0 fully saturated rings. The van der Waals surface area contributed by atoms with Gasteiger partial charge in [-0.2, -0.15) is 0 Å². The molecule has 0 aliphatic rings. The van der Waals surface area contributed by atoms with Crippen molar-refractivity contribution >= 4 is 22.1 Å². The van der Waals surface area contributed by atoms with Crippen LogP contribution in [0.1, 0.15) is 0 Å². The molecule has 0 saturated carbocycles. The summed E-state index contributed by atoms with van der Waals surface area (Å²) in [7, 11) is 0. The van der Waals surface area contributed by atoms with Gasteiger partial charge in [-0.3, -0.25) is 9.78 Å². The third-order valence-corrected chi connectivity index (χ3v) is 2.18. The van der Waals surface area contributed by atoms with Crippen LogP contribution in [-0.4, -0.2) is 4.98 Å². The number of pyridine rings is 1. The van der Waals surface area contributed by atoms with Gasteiger partial charge in [0.15, 0.2) is 0 Å². The largest absolute Gasteiger partial charge is 0.278 e. The molecule has 0 amide bonds. The maximum absolute atomic E-state index is 10.9. The van der Waals surface area contributed by atoms with Gasteiger partial charge in [-0.1, -0.05) is 0 Å². The predicted molar refractivity (Wildman–Crippen MR) is 45.9 cm³/mol. The Balaban J connectivity index is 2.94. The Labute approximate surface area is 67.1 Å². The third kappa shape index (κ3) is 1.14. The molecule has 2 nitrogen and oxygen atoms in total. The Hall–Kier alpha value is -1.22. The zero-order chi connectivity index (χ0) is 7.68. The molecule has 0 bridgehead atoms. The first-order chi connectivity index (χ1) is 5.36. The van der Waals surface area contributed by atoms with E-state index in [1.54, 1.807) is 18.5 Å². The van der Waals surface area contributed by atoms with Crippen molar-refractivity contribution in [1.82, 2.24) is 4.98 Å². The highest BCUT2D eigenvalue weighted by molar-refractivity contribution is 7.07. The van der Waals surface area contributed by atoms with Crippen LogP contribution in [0.25, 0.3) is 10.8 Å². The van der Waals surface area contributed by atoms with Crippen LogP contribution in [0, 0.1) is 0 Å². The van der Waals surface area contributed by atoms with Crippen molar-refractivity contribution in [2.45, 2.75) is 0 Å². The number of aromatic nitrogens is 1. The highest BCUT2D eigenvalue weighted by Crippen LogP contribution is 2.09. The van der Waals surface area contributed by atoms with Crippen LogP contribution >= 0.6 is 11.3 Å². The molecule has 54 valence electrons. The first kappa shape index (κ1) is 6.49. The fourth-order valence-electron chi connectivity index (χ4n) is 0.930. The minimum Gasteiger partial charge on any atom is -0.278 e. The number of hydrogen-bond acceptors (Lipinski definition) is 3. The first-order valence-electron chi connectivity index (χ1n) is 3.19. The molecule has 11 heavy (non-hydrogen) atoms. The summed E-state index contributed by atoms with van der Waals surface area (Å²) < 4.78 is 0.0868. The van der Waals surface area contributed by atoms with Gasteiger partial charge in [-0.05, 0) is 11.5 Å². The summed E-state index contributed by atoms with van der Waals surface area (Å²) in [5, 5.41) is 3.81. The Kier molecular flexibility index (Phi) is 1.43. The van der Waals surface area contributed by atoms with Crippen LogP contribution in [0.2, 0.25) is 0 Å². The minimum atomic E-state index is 0.0868. The van der Waals surface area contributed by atoms with Crippen LogP contribution in [0.4, 0.5) is 0 Å². The standard InChI is InChI=1S/C8H5NOS/c10-8-3-6-1-2-9-4-7(6)5-11-8/h1-5H. The van der Waals surface area contributed by atoms with E-state index in [1.165, 1.54) is 11.3 Å². The normalized spacial score (nSPS) is 10.2. The monoisotopic (exact) mass is 163 g/mol. The number of hydrogen-bond donors (Lipinski definition) is 0. The van der Waals surface area contributed by atoms with Crippen molar-refractivity contribution < 1.29 is 0 Å². The number of rotatable bonds is 0. The van der Waals surface area contributed by atoms with E-state index in [2.05, 4.69) is 4.98 Å². The maximum atomic E-state index is 10.9. The van der Waals surface area contributed by atoms with Crippen molar-refractivity contribution in [3.63, 3.8) is 0 Å². The van der Waals surface area contributed by atoms with Gasteiger partial charge in [0.05, 0.1) is 0 Å². The lowest BCUT2D eigenvalue weighted by Gasteiger charge is -1.90. The van der Waals surface area contributed by atoms with Crippen LogP contribution in [0.5, 0.6) is 0 Å². The quantitative estimate of drug-likeness (QED) is 0.591. The van der Waals surface area contributed by atoms with E-state index in [0.29, 0.717) is 0 Å². The molecule has 0 saturated heterocycles. The average Bonchev–Trinajstić information content (AvgIpc) is 2.04. The molecule has 2 rings (SSSR count). The van der Waals surface area contributed by atoms with Crippen molar-refractivity contribution in [3.05, 3.63) is 39.4 Å². The molecule has 0 spiro atoms. The molecule has 0 atom stereocenters. The molecule has 0 aliphatic carbocycles. The minimum absolute atomic E-state index is 0.0868. The van der Waals surface area contributed by atoms with Gasteiger partial charge in [0.2, 0.25) is 4.74 Å². The molecule has 0 unspecified atom stereocenters. The second-order valence-electron chi connectivity index (χ2n) is 2.20. The van der Waals surface area contributed by atoms with E-state index < -0.39 is 0 Å². The predicted octanol–water partition coefficient (Wildman–Crippen LogP) is 1.66. The molecular weight excluding hydrogens is 158 g/mol. The SMILES string of the molecule is O=c1cc2ccncc2cs1. The molecule has 0 N–H and O–H groups in total. The third-order valence-electron chi connectivity index (χ3n) is 1.46. The molecular formula is C8H5NOS. The Morgan fingerprint density at radius 2 is 2.27 bits per heavy atom. The van der Waals surface area contributed by atoms with Gasteiger partial charge in [-0.15, -0.1) is 11.3 Å². The Bertz CT molecular complexity index is 435. The molecule has 0 aromatic carbocycles. The summed E-state index contributed by atoms with van der Waals surface area (Å²) in [6.45, 7) is 0. The highest BCUT2D eigenvalue weighted by Gasteiger charge is 1.91. The summed E-state index contributed by atoms with van der Waals surface area (Å²) >= 11 is 1.20. The van der Waals surface area contributed by atoms with Gasteiger partial charge in [0, 0.05) is 29.2 Å². The fourth-order valence-corrected chi connectivity index (χ4v) is 1.56. The van der Waals surface area contributed by atoms with E-state index in [9.17, 15) is 4.79 Å². The second-order valence-corrected chi connectivity index (χ2v) is 3.08. The van der Waals surface area contributed by atoms with E-state index in [1.807, 2.05) is 11.4 Å². The second kappa shape index (κ2) is 2.43. The molecule has 0 radical (unpaired) electrons. The summed E-state index contributed by atoms with van der Waals surface area (Å²) in [5.41, 5.74) is 0. The Morgan fingerprint density at radius 3 is 3.18 bits per heavy atom. The summed E-state index contributed by atoms with van der Waals surface area (Å²) in [5.74, 6) is 0. The van der Waals surface area contributed by atoms with E-state index in [0.717, 1.165) is 10.8 Å². The van der Waals surface area contributed by atoms with Crippen LogP contribution < -0.4 is 4.74 Å². The summed E-state index contributed by atoms with van der Waals surface area (Å²) in [4.78, 5) is 14.8. The van der Waals surface area contributed by atoms with Crippen LogP contribution in [0.15, 0.2) is 34.7 Å². The molecule has 0 aliphatic heterocycles. The summed E-state index contributed by atoms with van der Waals surface area (Å²) in [6.07, 6.45) is 3.44. The Morgan fingerprint density at radius 1 is 1.36 bits per heavy atom. The van der Waals surface area contributed by atoms with E-state index in [-0.39, 0.29) is 4.74 Å². The van der Waals surface area contributed by atoms with Crippen molar-refractivity contribution in [2.24, 2.45) is 0 Å². The van der Waals surface area contributed by atoms with Gasteiger partial charge in [-0.25, -0.2) is 0 Å². The van der Waals surface area contributed by atoms with E-state index in [4.69, 9.17) is 0 Å². The van der Waals surface area contributed by atoms with Gasteiger partial charge in [0.1, 0.15) is 0 Å². The summed E-state index contributed by atoms with van der Waals surface area (Å²) in [6, 6.07) is 3.46. The lowest BCUT2D eigenvalue weighted by Crippen LogP contribution is -1.89. The van der Waals surface area contributed by atoms with Crippen LogP contribution in [-0.2, 0) is 0 Å². The van der Waals surface area contributed by atoms with Crippen LogP contribution in [0.3, 0.4) is 0 Å². The number of fused-ring (bicyclic) bond motifs is 1. The lowest BCUT2D eigenvalue weighted by molar-refractivity contribution is 1.37. The molecule has 3 heteroatoms. The molecule has 2 aromatic rings. The van der Waals surface area contributed by atoms with E-state index >= 15 is 0 Å². The zero-order valence-electron chi connectivity index (χ0n) is 5.65. The molecule has 2 aromatic heterocycles. The van der Waals surface area contributed by atoms with Gasteiger partial charge < -0.3 is 0 Å². The maximum Gasteiger partial charge on any atom is 0.232 e. The lowest BCUT2D eigenvalue weighted by atomic mass is 10.3. The van der Waals surface area contributed by atoms with Crippen molar-refractivity contribution in [3.8, 4) is 0 Å². The van der Waals surface area contributed by atoms with Gasteiger partial charge >= 0.3 is 0 Å². The fraction of sp³-hybridized carbons (Fsp3) is 0. The van der Waals surface area contributed by atoms with Crippen molar-refractivity contribution in [1.29, 1.82) is 0 Å². The average molecular weight is 163 g/mol.